The standard InChI is InChI=1S/C15H31NO2.C14H26F3NO2.C14H32N2O2.2C14H29NO2.3C13H27NO2/c1-12(2)18-11-15(7)9-16(13(3,4)5)8-14(15,6)10-17;1-12(2,3)18-7-10(19)11(14(15,16)17)9(18)8-20-13(4,5)6;1-11(17)12(16-13(2,3)4)10-15-8-9-18-14(5,6)7;1-13(2,3)15-11-7-10(8-12(11)16)9-17-14(4,5)6;1-11(2)17-9-8-14(15-13(3,4)5)7-6-12(16)10-14;1-9(2)16-8-10-6-11(15)7-12(10)14-13(3,4)5;1-10(2)16-9-12(15)11-6-7-14(8-11)13(3,4)5;1-10(2)16-9-12(15)11-7-6-8-14(11)13(3,4)5/h12,17H,8-11H2,1-7H3;9-11,19H,7-8H2,1-6H3;11-12,15-17H,8-10H2,1-7H3;10-12,15-16H,7-9H2,1-6H3;11-12,15-16H,6-10H2,1-5H3;9-12,14-15H,6-8H2,1-5H3;2*10-12,15H,6-9H2,1-5H3/t;;11-,12-;;;;;/m..1...../s1. The van der Waals surface area contributed by atoms with Gasteiger partial charge in [-0.2, -0.15) is 13.2 Å². The minimum Gasteiger partial charge on any atom is -0.396 e. The number of halogens is 3. The lowest BCUT2D eigenvalue weighted by atomic mass is 9.69. The lowest BCUT2D eigenvalue weighted by Crippen LogP contribution is -2.53. The Balaban J connectivity index is 0.00000156. The molecule has 3 saturated carbocycles. The molecule has 0 aromatic heterocycles. The first-order chi connectivity index (χ1) is 62.0. The highest BCUT2D eigenvalue weighted by molar-refractivity contribution is 5.07. The number of alkyl halides is 3. The van der Waals surface area contributed by atoms with Crippen LogP contribution in [-0.2, 0) is 37.9 Å². The molecule has 25 nitrogen and oxygen atoms in total. The Morgan fingerprint density at radius 2 is 0.935 bits per heavy atom. The zero-order chi connectivity index (χ0) is 108. The number of hydrogen-bond acceptors (Lipinski definition) is 25. The molecule has 0 aromatic rings. The average Bonchev–Trinajstić information content (AvgIpc) is 1.61. The van der Waals surface area contributed by atoms with Gasteiger partial charge in [-0.15, -0.1) is 0 Å². The normalized spacial score (nSPS) is 28.0. The molecule has 7 rings (SSSR count). The lowest BCUT2D eigenvalue weighted by molar-refractivity contribution is -0.206. The first-order valence-electron chi connectivity index (χ1n) is 53.3. The molecule has 0 amide bonds. The molecule has 17 unspecified atom stereocenters. The van der Waals surface area contributed by atoms with E-state index in [9.17, 15) is 54.0 Å². The fourth-order valence-electron chi connectivity index (χ4n) is 18.8. The third-order valence-corrected chi connectivity index (χ3v) is 26.2. The van der Waals surface area contributed by atoms with Crippen LogP contribution in [-0.4, -0.2) is 349 Å². The van der Waals surface area contributed by atoms with Crippen molar-refractivity contribution in [3.05, 3.63) is 0 Å². The molecule has 138 heavy (non-hydrogen) atoms. The Morgan fingerprint density at radius 3 is 1.36 bits per heavy atom. The van der Waals surface area contributed by atoms with E-state index in [1.165, 1.54) is 6.42 Å². The number of ether oxygens (including phenoxy) is 8. The second-order valence-electron chi connectivity index (χ2n) is 54.5. The highest BCUT2D eigenvalue weighted by Gasteiger charge is 2.58. The van der Waals surface area contributed by atoms with Gasteiger partial charge in [-0.3, -0.25) is 19.6 Å². The summed E-state index contributed by atoms with van der Waals surface area (Å²) in [5.41, 5.74) is -0.389. The van der Waals surface area contributed by atoms with E-state index in [1.54, 1.807) is 4.90 Å². The van der Waals surface area contributed by atoms with Gasteiger partial charge in [0.1, 0.15) is 0 Å². The van der Waals surface area contributed by atoms with Crippen molar-refractivity contribution in [1.29, 1.82) is 0 Å². The molecule has 4 aliphatic heterocycles. The van der Waals surface area contributed by atoms with Crippen molar-refractivity contribution in [2.24, 2.45) is 34.5 Å². The summed E-state index contributed by atoms with van der Waals surface area (Å²) in [5, 5.41) is 96.6. The Morgan fingerprint density at radius 1 is 0.449 bits per heavy atom. The minimum absolute atomic E-state index is 0.00520. The number of hydrogen-bond donors (Lipinski definition) is 13. The third kappa shape index (κ3) is 58.7. The van der Waals surface area contributed by atoms with Gasteiger partial charge in [0.05, 0.1) is 149 Å². The Labute approximate surface area is 845 Å². The van der Waals surface area contributed by atoms with Crippen molar-refractivity contribution < 1.29 is 91.9 Å². The van der Waals surface area contributed by atoms with Crippen molar-refractivity contribution in [2.75, 3.05) is 112 Å². The summed E-state index contributed by atoms with van der Waals surface area (Å²) in [6.07, 6.45) is 4.49. The predicted octanol–water partition coefficient (Wildman–Crippen LogP) is 17.6. The summed E-state index contributed by atoms with van der Waals surface area (Å²) in [7, 11) is 0. The fraction of sp³-hybridized carbons (Fsp3) is 1.00. The minimum atomic E-state index is -4.43. The van der Waals surface area contributed by atoms with E-state index in [0.717, 1.165) is 130 Å². The molecule has 13 N–H and O–H groups in total. The van der Waals surface area contributed by atoms with Crippen LogP contribution in [0.25, 0.3) is 0 Å². The number of rotatable bonds is 33. The van der Waals surface area contributed by atoms with Gasteiger partial charge < -0.3 is 105 Å². The first kappa shape index (κ1) is 137. The van der Waals surface area contributed by atoms with Gasteiger partial charge in [-0.05, 0) is 394 Å². The second kappa shape index (κ2) is 58.8. The molecule has 0 spiro atoms. The van der Waals surface area contributed by atoms with Crippen LogP contribution in [0, 0.1) is 34.5 Å². The van der Waals surface area contributed by atoms with Crippen molar-refractivity contribution in [1.82, 2.24) is 46.2 Å². The Hall–Kier alpha value is -1.21. The van der Waals surface area contributed by atoms with Crippen LogP contribution in [0.1, 0.15) is 389 Å². The predicted molar refractivity (Wildman–Crippen MR) is 566 cm³/mol. The molecule has 4 heterocycles. The summed E-state index contributed by atoms with van der Waals surface area (Å²) in [6, 6.07) is 0.0555. The molecule has 19 atom stereocenters. The van der Waals surface area contributed by atoms with Crippen molar-refractivity contribution >= 4 is 0 Å². The van der Waals surface area contributed by atoms with Crippen LogP contribution >= 0.6 is 0 Å². The molecule has 7 fully saturated rings. The monoisotopic (exact) mass is 1990 g/mol. The molecular formula is C110H228F3N9O16. The van der Waals surface area contributed by atoms with Crippen molar-refractivity contribution in [3.8, 4) is 0 Å². The van der Waals surface area contributed by atoms with E-state index < -0.39 is 35.4 Å². The van der Waals surface area contributed by atoms with E-state index in [4.69, 9.17) is 37.9 Å². The maximum absolute atomic E-state index is 13.2. The number of nitrogens with one attached hydrogen (secondary N) is 5. The molecule has 4 saturated heterocycles. The van der Waals surface area contributed by atoms with Crippen molar-refractivity contribution in [3.63, 3.8) is 0 Å². The Bertz CT molecular complexity index is 3180. The zero-order valence-electron chi connectivity index (χ0n) is 97.7. The SMILES string of the molecule is CC(C)(C)NC1CC(COC(C)(C)C)CC1O.CC(C)(C)OCC1C(C(F)(F)F)C(O)CN1C(C)(C)C.CC(C)OCC(O)C1CCCN1C(C)(C)C.CC(C)OCC(O)C1CCN(C(C)(C)C)C1.CC(C)OCC1(C)CN(C(C)(C)C)CC1(C)CO.CC(C)OCC1CC(O)CC1NC(C)(C)C.CC(C)OCCC1(NC(C)(C)C)CCC(O)C1.C[C@@H](O)[C@@H](CNCCOC(C)(C)C)NC(C)(C)C. The average molecular weight is 1990 g/mol. The van der Waals surface area contributed by atoms with Gasteiger partial charge in [0.25, 0.3) is 0 Å². The second-order valence-corrected chi connectivity index (χ2v) is 54.5. The van der Waals surface area contributed by atoms with E-state index >= 15 is 0 Å². The van der Waals surface area contributed by atoms with E-state index in [-0.39, 0.29) is 171 Å². The molecule has 0 radical (unpaired) electrons. The van der Waals surface area contributed by atoms with Gasteiger partial charge in [0.2, 0.25) is 0 Å². The van der Waals surface area contributed by atoms with Gasteiger partial charge in [0.15, 0.2) is 0 Å². The van der Waals surface area contributed by atoms with Gasteiger partial charge in [-0.1, -0.05) is 13.8 Å². The van der Waals surface area contributed by atoms with E-state index in [0.29, 0.717) is 50.2 Å². The summed E-state index contributed by atoms with van der Waals surface area (Å²) in [4.78, 5) is 9.01. The van der Waals surface area contributed by atoms with E-state index in [1.807, 2.05) is 96.9 Å². The molecule has 28 heteroatoms. The van der Waals surface area contributed by atoms with Crippen LogP contribution in [0.3, 0.4) is 0 Å². The summed E-state index contributed by atoms with van der Waals surface area (Å²) < 4.78 is 84.7. The number of likely N-dealkylation sites (tertiary alicyclic amines) is 4. The van der Waals surface area contributed by atoms with Gasteiger partial charge in [-0.25, -0.2) is 0 Å². The maximum Gasteiger partial charge on any atom is 0.395 e. The highest BCUT2D eigenvalue weighted by Crippen LogP contribution is 2.49. The van der Waals surface area contributed by atoms with Crippen LogP contribution < -0.4 is 26.6 Å². The number of aliphatic hydroxyl groups excluding tert-OH is 8. The summed E-state index contributed by atoms with van der Waals surface area (Å²) in [6.45, 7) is 107. The third-order valence-electron chi connectivity index (χ3n) is 26.2. The van der Waals surface area contributed by atoms with Crippen LogP contribution in [0.2, 0.25) is 0 Å². The highest BCUT2D eigenvalue weighted by atomic mass is 19.4. The molecule has 7 aliphatic rings. The van der Waals surface area contributed by atoms with Crippen LogP contribution in [0.5, 0.6) is 0 Å². The van der Waals surface area contributed by atoms with Crippen LogP contribution in [0.4, 0.5) is 13.2 Å². The number of aliphatic hydroxyl groups is 8. The van der Waals surface area contributed by atoms with Crippen molar-refractivity contribution in [2.45, 2.75) is 565 Å². The summed E-state index contributed by atoms with van der Waals surface area (Å²) >= 11 is 0. The largest absolute Gasteiger partial charge is 0.396 e. The summed E-state index contributed by atoms with van der Waals surface area (Å²) in [5.74, 6) is -0.470. The fourth-order valence-corrected chi connectivity index (χ4v) is 18.8. The zero-order valence-corrected chi connectivity index (χ0v) is 97.7. The molecular weight excluding hydrogens is 1760 g/mol. The topological polar surface area (TPSA) is 309 Å². The molecule has 830 valence electrons. The van der Waals surface area contributed by atoms with E-state index in [2.05, 4.69) is 263 Å². The number of β-amino-alcohol motifs (C(OH)–C–C–N with tert-alkyl or cyclic N) is 1. The van der Waals surface area contributed by atoms with Gasteiger partial charge in [0, 0.05) is 149 Å². The quantitative estimate of drug-likeness (QED) is 0.0272. The maximum atomic E-state index is 13.2. The van der Waals surface area contributed by atoms with Crippen LogP contribution in [0.15, 0.2) is 0 Å². The number of nitrogens with zero attached hydrogens (tertiary/aromatic N) is 4. The molecule has 3 aliphatic carbocycles. The molecule has 0 aromatic carbocycles. The first-order valence-corrected chi connectivity index (χ1v) is 53.3. The van der Waals surface area contributed by atoms with Gasteiger partial charge >= 0.3 is 6.18 Å². The Kier molecular flexibility index (Phi) is 58.3. The lowest BCUT2D eigenvalue weighted by Gasteiger charge is -2.39. The molecule has 0 bridgehead atoms. The smallest absolute Gasteiger partial charge is 0.395 e.